The number of ketones is 1. The lowest BCUT2D eigenvalue weighted by Gasteiger charge is -2.10. The first kappa shape index (κ1) is 22.3. The lowest BCUT2D eigenvalue weighted by atomic mass is 10.2. The van der Waals surface area contributed by atoms with Gasteiger partial charge in [-0.15, -0.1) is 21.5 Å². The van der Waals surface area contributed by atoms with Gasteiger partial charge in [0.25, 0.3) is 0 Å². The first-order valence-corrected chi connectivity index (χ1v) is 12.5. The Bertz CT molecular complexity index is 1440. The van der Waals surface area contributed by atoms with Gasteiger partial charge in [0.15, 0.2) is 16.8 Å². The van der Waals surface area contributed by atoms with Crippen LogP contribution in [0.25, 0.3) is 22.1 Å². The third-order valence-corrected chi connectivity index (χ3v) is 7.33. The van der Waals surface area contributed by atoms with Crippen LogP contribution in [0.3, 0.4) is 0 Å². The molecule has 0 N–H and O–H groups in total. The summed E-state index contributed by atoms with van der Waals surface area (Å²) in [6.07, 6.45) is 0. The largest absolute Gasteiger partial charge is 0.318 e. The highest BCUT2D eigenvalue weighted by Crippen LogP contribution is 2.31. The minimum atomic E-state index is -0.289. The van der Waals surface area contributed by atoms with Crippen molar-refractivity contribution < 1.29 is 9.18 Å². The molecule has 0 radical (unpaired) electrons. The molecule has 0 bridgehead atoms. The average molecular weight is 489 g/mol. The Balaban J connectivity index is 1.43. The smallest absolute Gasteiger partial charge is 0.196 e. The van der Waals surface area contributed by atoms with E-state index in [-0.39, 0.29) is 17.4 Å². The summed E-state index contributed by atoms with van der Waals surface area (Å²) in [5.74, 6) is 0.698. The fourth-order valence-electron chi connectivity index (χ4n) is 3.98. The Morgan fingerprint density at radius 3 is 2.38 bits per heavy atom. The van der Waals surface area contributed by atoms with Crippen LogP contribution in [-0.2, 0) is 0 Å². The van der Waals surface area contributed by atoms with Crippen LogP contribution < -0.4 is 0 Å². The number of carbonyl (C=O) groups excluding carboxylic acids is 1. The van der Waals surface area contributed by atoms with Crippen molar-refractivity contribution in [1.82, 2.24) is 19.3 Å². The molecule has 170 valence electrons. The maximum absolute atomic E-state index is 13.4. The van der Waals surface area contributed by atoms with E-state index in [1.807, 2.05) is 76.9 Å². The summed E-state index contributed by atoms with van der Waals surface area (Å²) in [7, 11) is 0. The van der Waals surface area contributed by atoms with Crippen molar-refractivity contribution in [3.63, 3.8) is 0 Å². The van der Waals surface area contributed by atoms with E-state index in [1.165, 1.54) is 23.9 Å². The highest BCUT2D eigenvalue weighted by Gasteiger charge is 2.21. The Labute approximate surface area is 204 Å². The molecule has 34 heavy (non-hydrogen) atoms. The first-order chi connectivity index (χ1) is 16.5. The fraction of sp³-hybridized carbons (Fsp3) is 0.115. The number of halogens is 1. The number of aryl methyl sites for hydroxylation is 1. The number of carbonyl (C=O) groups is 1. The molecule has 0 amide bonds. The van der Waals surface area contributed by atoms with Gasteiger partial charge in [-0.2, -0.15) is 0 Å². The minimum absolute atomic E-state index is 0.00625. The number of benzene rings is 2. The van der Waals surface area contributed by atoms with Gasteiger partial charge in [-0.05, 0) is 67.8 Å². The van der Waals surface area contributed by atoms with Gasteiger partial charge in [-0.1, -0.05) is 36.0 Å². The molecule has 0 aliphatic carbocycles. The Kier molecular flexibility index (Phi) is 6.17. The molecule has 5 nitrogen and oxygen atoms in total. The van der Waals surface area contributed by atoms with Crippen molar-refractivity contribution in [2.24, 2.45) is 0 Å². The Morgan fingerprint density at radius 1 is 0.941 bits per heavy atom. The summed E-state index contributed by atoms with van der Waals surface area (Å²) in [4.78, 5) is 14.2. The predicted molar refractivity (Wildman–Crippen MR) is 135 cm³/mol. The summed E-state index contributed by atoms with van der Waals surface area (Å²) in [5.41, 5.74) is 4.18. The molecule has 0 spiro atoms. The molecule has 0 saturated carbocycles. The number of rotatable bonds is 7. The van der Waals surface area contributed by atoms with Crippen LogP contribution in [0.4, 0.5) is 4.39 Å². The SMILES string of the molecule is Cc1cc(C(=O)CSc2nnc(-c3cccs3)n2-c2ccccc2)c(C)n1-c1ccc(F)cc1. The molecule has 0 atom stereocenters. The zero-order valence-corrected chi connectivity index (χ0v) is 20.2. The van der Waals surface area contributed by atoms with Crippen LogP contribution in [0, 0.1) is 19.7 Å². The van der Waals surface area contributed by atoms with Crippen LogP contribution in [0.15, 0.2) is 83.3 Å². The lowest BCUT2D eigenvalue weighted by molar-refractivity contribution is 0.102. The number of thiophene rings is 1. The van der Waals surface area contributed by atoms with Gasteiger partial charge in [-0.25, -0.2) is 4.39 Å². The summed E-state index contributed by atoms with van der Waals surface area (Å²) < 4.78 is 17.3. The molecule has 5 aromatic rings. The molecule has 3 heterocycles. The van der Waals surface area contributed by atoms with Gasteiger partial charge < -0.3 is 4.57 Å². The molecule has 3 aromatic heterocycles. The van der Waals surface area contributed by atoms with Crippen LogP contribution >= 0.6 is 23.1 Å². The topological polar surface area (TPSA) is 52.7 Å². The molecule has 0 fully saturated rings. The van der Waals surface area contributed by atoms with E-state index in [9.17, 15) is 9.18 Å². The molecular formula is C26H21FN4OS2. The van der Waals surface area contributed by atoms with Gasteiger partial charge in [0.05, 0.1) is 10.6 Å². The average Bonchev–Trinajstić information content (AvgIpc) is 3.58. The van der Waals surface area contributed by atoms with Crippen molar-refractivity contribution in [3.05, 3.63) is 101 Å². The number of hydrogen-bond acceptors (Lipinski definition) is 5. The Hall–Kier alpha value is -3.49. The number of hydrogen-bond donors (Lipinski definition) is 0. The van der Waals surface area contributed by atoms with E-state index < -0.39 is 0 Å². The van der Waals surface area contributed by atoms with Crippen molar-refractivity contribution in [3.8, 4) is 22.1 Å². The Morgan fingerprint density at radius 2 is 1.68 bits per heavy atom. The number of nitrogens with zero attached hydrogens (tertiary/aromatic N) is 4. The number of aromatic nitrogens is 4. The monoisotopic (exact) mass is 488 g/mol. The van der Waals surface area contributed by atoms with E-state index in [0.29, 0.717) is 10.7 Å². The summed E-state index contributed by atoms with van der Waals surface area (Å²) in [6, 6.07) is 22.1. The van der Waals surface area contributed by atoms with E-state index in [0.717, 1.165) is 33.5 Å². The van der Waals surface area contributed by atoms with Crippen LogP contribution in [-0.4, -0.2) is 30.9 Å². The van der Waals surface area contributed by atoms with Gasteiger partial charge >= 0.3 is 0 Å². The zero-order valence-electron chi connectivity index (χ0n) is 18.6. The molecule has 0 aliphatic heterocycles. The predicted octanol–water partition coefficient (Wildman–Crippen LogP) is 6.52. The van der Waals surface area contributed by atoms with Gasteiger partial charge in [0.1, 0.15) is 5.82 Å². The summed E-state index contributed by atoms with van der Waals surface area (Å²) in [5, 5.41) is 11.5. The second-order valence-corrected chi connectivity index (χ2v) is 9.65. The van der Waals surface area contributed by atoms with E-state index in [2.05, 4.69) is 10.2 Å². The van der Waals surface area contributed by atoms with Gasteiger partial charge in [0, 0.05) is 28.3 Å². The summed E-state index contributed by atoms with van der Waals surface area (Å²) >= 11 is 2.97. The third kappa shape index (κ3) is 4.22. The zero-order chi connectivity index (χ0) is 23.7. The second kappa shape index (κ2) is 9.40. The number of Topliss-reactive ketones (excluding diaryl/α,β-unsaturated/α-hetero) is 1. The van der Waals surface area contributed by atoms with Crippen LogP contribution in [0.2, 0.25) is 0 Å². The molecule has 0 unspecified atom stereocenters. The number of thioether (sulfide) groups is 1. The molecule has 0 saturated heterocycles. The lowest BCUT2D eigenvalue weighted by Crippen LogP contribution is -2.07. The molecular weight excluding hydrogens is 467 g/mol. The highest BCUT2D eigenvalue weighted by molar-refractivity contribution is 7.99. The normalized spacial score (nSPS) is 11.1. The first-order valence-electron chi connectivity index (χ1n) is 10.7. The molecule has 5 rings (SSSR count). The van der Waals surface area contributed by atoms with Crippen molar-refractivity contribution >= 4 is 28.9 Å². The van der Waals surface area contributed by atoms with Crippen molar-refractivity contribution in [2.75, 3.05) is 5.75 Å². The van der Waals surface area contributed by atoms with E-state index >= 15 is 0 Å². The van der Waals surface area contributed by atoms with Gasteiger partial charge in [-0.3, -0.25) is 9.36 Å². The maximum Gasteiger partial charge on any atom is 0.196 e. The standard InChI is InChI=1S/C26H21FN4OS2/c1-17-15-22(18(2)30(17)21-12-10-19(27)11-13-21)23(32)16-34-26-29-28-25(24-9-6-14-33-24)31(26)20-7-4-3-5-8-20/h3-15H,16H2,1-2H3. The quantitative estimate of drug-likeness (QED) is 0.193. The second-order valence-electron chi connectivity index (χ2n) is 7.76. The minimum Gasteiger partial charge on any atom is -0.318 e. The van der Waals surface area contributed by atoms with E-state index in [1.54, 1.807) is 23.5 Å². The van der Waals surface area contributed by atoms with E-state index in [4.69, 9.17) is 0 Å². The molecule has 0 aliphatic rings. The summed E-state index contributed by atoms with van der Waals surface area (Å²) in [6.45, 7) is 3.86. The third-order valence-electron chi connectivity index (χ3n) is 5.54. The van der Waals surface area contributed by atoms with Crippen LogP contribution in [0.5, 0.6) is 0 Å². The molecule has 8 heteroatoms. The highest BCUT2D eigenvalue weighted by atomic mass is 32.2. The van der Waals surface area contributed by atoms with Gasteiger partial charge in [0.2, 0.25) is 0 Å². The van der Waals surface area contributed by atoms with Crippen molar-refractivity contribution in [2.45, 2.75) is 19.0 Å². The number of para-hydroxylation sites is 1. The fourth-order valence-corrected chi connectivity index (χ4v) is 5.51. The molecule has 2 aromatic carbocycles. The van der Waals surface area contributed by atoms with Crippen LogP contribution in [0.1, 0.15) is 21.7 Å². The maximum atomic E-state index is 13.4. The van der Waals surface area contributed by atoms with Crippen molar-refractivity contribution in [1.29, 1.82) is 0 Å².